The summed E-state index contributed by atoms with van der Waals surface area (Å²) in [5.74, 6) is 1.11. The number of aromatic nitrogens is 1. The van der Waals surface area contributed by atoms with E-state index in [1.54, 1.807) is 11.8 Å². The van der Waals surface area contributed by atoms with Crippen LogP contribution in [0.3, 0.4) is 0 Å². The van der Waals surface area contributed by atoms with Gasteiger partial charge in [-0.1, -0.05) is 44.9 Å². The van der Waals surface area contributed by atoms with Crippen molar-refractivity contribution in [2.75, 3.05) is 5.75 Å². The largest absolute Gasteiger partial charge is 0.431 e. The van der Waals surface area contributed by atoms with Gasteiger partial charge < -0.3 is 4.42 Å². The molecule has 1 N–H and O–H groups in total. The van der Waals surface area contributed by atoms with Gasteiger partial charge in [-0.25, -0.2) is 10.4 Å². The van der Waals surface area contributed by atoms with Crippen molar-refractivity contribution >= 4 is 34.5 Å². The van der Waals surface area contributed by atoms with Crippen molar-refractivity contribution in [3.05, 3.63) is 23.8 Å². The Morgan fingerprint density at radius 1 is 1.33 bits per heavy atom. The monoisotopic (exact) mass is 345 g/mol. The fourth-order valence-electron chi connectivity index (χ4n) is 2.82. The first-order valence-corrected chi connectivity index (χ1v) is 9.56. The van der Waals surface area contributed by atoms with Crippen LogP contribution >= 0.6 is 11.8 Å². The Labute approximate surface area is 146 Å². The third-order valence-corrected chi connectivity index (χ3v) is 5.06. The normalized spacial score (nSPS) is 17.8. The van der Waals surface area contributed by atoms with E-state index in [1.165, 1.54) is 25.7 Å². The molecule has 1 aliphatic heterocycles. The molecule has 0 spiro atoms. The molecule has 5 nitrogen and oxygen atoms in total. The number of carbonyl (C=O) groups excluding carboxylic acids is 1. The summed E-state index contributed by atoms with van der Waals surface area (Å²) in [6.07, 6.45) is 5.45. The zero-order valence-corrected chi connectivity index (χ0v) is 15.0. The maximum Gasteiger partial charge on any atom is 0.256 e. The van der Waals surface area contributed by atoms with Crippen molar-refractivity contribution in [3.8, 4) is 0 Å². The zero-order valence-electron chi connectivity index (χ0n) is 14.2. The van der Waals surface area contributed by atoms with Crippen LogP contribution in [0, 0.1) is 5.92 Å². The minimum absolute atomic E-state index is 0.0319. The number of amides is 1. The summed E-state index contributed by atoms with van der Waals surface area (Å²) in [4.78, 5) is 16.0. The summed E-state index contributed by atoms with van der Waals surface area (Å²) in [6.45, 7) is 4.23. The SMILES string of the molecule is CCCCCCSc1nc2cc(C3=NNC(=O)CC3C)ccc2o1. The van der Waals surface area contributed by atoms with Crippen LogP contribution in [0.2, 0.25) is 0 Å². The average Bonchev–Trinajstić information content (AvgIpc) is 2.96. The summed E-state index contributed by atoms with van der Waals surface area (Å²) >= 11 is 1.67. The van der Waals surface area contributed by atoms with E-state index in [0.29, 0.717) is 6.42 Å². The third-order valence-electron chi connectivity index (χ3n) is 4.15. The number of unbranched alkanes of at least 4 members (excludes halogenated alkanes) is 3. The van der Waals surface area contributed by atoms with Gasteiger partial charge in [0.2, 0.25) is 5.91 Å². The number of oxazole rings is 1. The molecule has 0 radical (unpaired) electrons. The molecule has 24 heavy (non-hydrogen) atoms. The van der Waals surface area contributed by atoms with E-state index in [2.05, 4.69) is 22.4 Å². The lowest BCUT2D eigenvalue weighted by molar-refractivity contribution is -0.121. The van der Waals surface area contributed by atoms with Crippen LogP contribution in [0.15, 0.2) is 32.9 Å². The number of nitrogens with one attached hydrogen (secondary N) is 1. The Bertz CT molecular complexity index is 754. The number of hydrogen-bond acceptors (Lipinski definition) is 5. The molecule has 128 valence electrons. The molecule has 1 aromatic carbocycles. The van der Waals surface area contributed by atoms with Gasteiger partial charge >= 0.3 is 0 Å². The molecule has 3 rings (SSSR count). The number of fused-ring (bicyclic) bond motifs is 1. The fraction of sp³-hybridized carbons (Fsp3) is 0.500. The predicted octanol–water partition coefficient (Wildman–Crippen LogP) is 4.36. The number of hydrogen-bond donors (Lipinski definition) is 1. The molecular weight excluding hydrogens is 322 g/mol. The van der Waals surface area contributed by atoms with Crippen LogP contribution in [0.1, 0.15) is 51.5 Å². The van der Waals surface area contributed by atoms with Crippen molar-refractivity contribution in [2.45, 2.75) is 51.2 Å². The van der Waals surface area contributed by atoms with Gasteiger partial charge in [-0.15, -0.1) is 0 Å². The predicted molar refractivity (Wildman–Crippen MR) is 97.3 cm³/mol. The summed E-state index contributed by atoms with van der Waals surface area (Å²) in [7, 11) is 0. The molecule has 2 heterocycles. The topological polar surface area (TPSA) is 67.5 Å². The molecule has 6 heteroatoms. The minimum atomic E-state index is -0.0319. The molecule has 0 saturated carbocycles. The third kappa shape index (κ3) is 3.98. The molecule has 1 amide bonds. The Balaban J connectivity index is 1.71. The van der Waals surface area contributed by atoms with Crippen molar-refractivity contribution in [1.29, 1.82) is 0 Å². The van der Waals surface area contributed by atoms with Crippen LogP contribution in [-0.2, 0) is 4.79 Å². The lowest BCUT2D eigenvalue weighted by Crippen LogP contribution is -2.31. The molecule has 0 aliphatic carbocycles. The van der Waals surface area contributed by atoms with Crippen molar-refractivity contribution in [2.24, 2.45) is 11.0 Å². The highest BCUT2D eigenvalue weighted by molar-refractivity contribution is 7.99. The van der Waals surface area contributed by atoms with E-state index in [1.807, 2.05) is 25.1 Å². The van der Waals surface area contributed by atoms with E-state index in [0.717, 1.165) is 33.4 Å². The van der Waals surface area contributed by atoms with E-state index >= 15 is 0 Å². The summed E-state index contributed by atoms with van der Waals surface area (Å²) in [5, 5.41) is 4.93. The van der Waals surface area contributed by atoms with Gasteiger partial charge in [0.05, 0.1) is 5.71 Å². The average molecular weight is 345 g/mol. The first kappa shape index (κ1) is 17.0. The second kappa shape index (κ2) is 7.83. The van der Waals surface area contributed by atoms with Crippen LogP contribution in [-0.4, -0.2) is 22.4 Å². The zero-order chi connectivity index (χ0) is 16.9. The maximum atomic E-state index is 11.4. The fourth-order valence-corrected chi connectivity index (χ4v) is 3.65. The first-order valence-electron chi connectivity index (χ1n) is 8.57. The Hall–Kier alpha value is -1.82. The Morgan fingerprint density at radius 2 is 2.21 bits per heavy atom. The van der Waals surface area contributed by atoms with Gasteiger partial charge in [-0.05, 0) is 24.6 Å². The number of nitrogens with zero attached hydrogens (tertiary/aromatic N) is 2. The molecule has 0 fully saturated rings. The number of rotatable bonds is 7. The maximum absolute atomic E-state index is 11.4. The Morgan fingerprint density at radius 3 is 3.00 bits per heavy atom. The first-order chi connectivity index (χ1) is 11.7. The van der Waals surface area contributed by atoms with Gasteiger partial charge in [0, 0.05) is 23.7 Å². The second-order valence-electron chi connectivity index (χ2n) is 6.21. The highest BCUT2D eigenvalue weighted by Gasteiger charge is 2.22. The van der Waals surface area contributed by atoms with Crippen LogP contribution in [0.25, 0.3) is 11.1 Å². The van der Waals surface area contributed by atoms with Crippen molar-refractivity contribution in [1.82, 2.24) is 10.4 Å². The summed E-state index contributed by atoms with van der Waals surface area (Å²) < 4.78 is 5.80. The molecule has 2 aromatic rings. The van der Waals surface area contributed by atoms with Gasteiger partial charge in [0.25, 0.3) is 5.22 Å². The lowest BCUT2D eigenvalue weighted by atomic mass is 9.94. The van der Waals surface area contributed by atoms with Crippen LogP contribution in [0.5, 0.6) is 0 Å². The summed E-state index contributed by atoms with van der Waals surface area (Å²) in [6, 6.07) is 5.91. The highest BCUT2D eigenvalue weighted by Crippen LogP contribution is 2.26. The van der Waals surface area contributed by atoms with E-state index in [-0.39, 0.29) is 11.8 Å². The Kier molecular flexibility index (Phi) is 5.56. The molecule has 0 bridgehead atoms. The van der Waals surface area contributed by atoms with Gasteiger partial charge in [-0.2, -0.15) is 5.10 Å². The van der Waals surface area contributed by atoms with Crippen LogP contribution < -0.4 is 5.43 Å². The number of thioether (sulfide) groups is 1. The van der Waals surface area contributed by atoms with Crippen molar-refractivity contribution < 1.29 is 9.21 Å². The molecule has 0 saturated heterocycles. The van der Waals surface area contributed by atoms with Gasteiger partial charge in [-0.3, -0.25) is 4.79 Å². The van der Waals surface area contributed by atoms with Crippen LogP contribution in [0.4, 0.5) is 0 Å². The quantitative estimate of drug-likeness (QED) is 0.598. The molecule has 1 aromatic heterocycles. The standard InChI is InChI=1S/C18H23N3O2S/c1-3-4-5-6-9-24-18-19-14-11-13(7-8-15(14)23-18)17-12(2)10-16(22)20-21-17/h7-8,11-12H,3-6,9-10H2,1-2H3,(H,20,22). The lowest BCUT2D eigenvalue weighted by Gasteiger charge is -2.18. The van der Waals surface area contributed by atoms with E-state index in [9.17, 15) is 4.79 Å². The second-order valence-corrected chi connectivity index (χ2v) is 7.25. The summed E-state index contributed by atoms with van der Waals surface area (Å²) in [5.41, 5.74) is 6.08. The molecular formula is C18H23N3O2S. The highest BCUT2D eigenvalue weighted by atomic mass is 32.2. The number of carbonyl (C=O) groups is 1. The molecule has 1 aliphatic rings. The van der Waals surface area contributed by atoms with Gasteiger partial charge in [0.15, 0.2) is 5.58 Å². The number of hydrazone groups is 1. The van der Waals surface area contributed by atoms with E-state index in [4.69, 9.17) is 4.42 Å². The number of benzene rings is 1. The molecule has 1 atom stereocenters. The van der Waals surface area contributed by atoms with E-state index < -0.39 is 0 Å². The van der Waals surface area contributed by atoms with Crippen molar-refractivity contribution in [3.63, 3.8) is 0 Å². The smallest absolute Gasteiger partial charge is 0.256 e. The molecule has 1 unspecified atom stereocenters. The minimum Gasteiger partial charge on any atom is -0.431 e. The van der Waals surface area contributed by atoms with Gasteiger partial charge in [0.1, 0.15) is 5.52 Å².